The number of amides is 1. The maximum atomic E-state index is 13.4. The first kappa shape index (κ1) is 21.3. The van der Waals surface area contributed by atoms with Gasteiger partial charge in [-0.25, -0.2) is 4.98 Å². The molecule has 0 spiro atoms. The number of hydrogen-bond donors (Lipinski definition) is 1. The summed E-state index contributed by atoms with van der Waals surface area (Å²) in [5.74, 6) is 0.294. The van der Waals surface area contributed by atoms with E-state index in [1.54, 1.807) is 24.5 Å². The van der Waals surface area contributed by atoms with E-state index in [4.69, 9.17) is 0 Å². The SMILES string of the molecule is CC1=C(c2ccccc2)C(CC(=O)[C@H]2CC[C@H](C(=O)Nc3ccncc3)CC2)n2cncc21. The quantitative estimate of drug-likeness (QED) is 0.574. The number of nitrogens with zero attached hydrogens (tertiary/aromatic N) is 3. The molecule has 1 atom stereocenters. The molecular formula is C27H28N4O2. The Hall–Kier alpha value is -3.54. The smallest absolute Gasteiger partial charge is 0.227 e. The minimum absolute atomic E-state index is 0.0138. The van der Waals surface area contributed by atoms with E-state index in [2.05, 4.69) is 38.9 Å². The third-order valence-corrected chi connectivity index (χ3v) is 7.10. The van der Waals surface area contributed by atoms with Crippen LogP contribution in [0.2, 0.25) is 0 Å². The molecule has 1 amide bonds. The first-order chi connectivity index (χ1) is 16.1. The fraction of sp³-hybridized carbons (Fsp3) is 0.333. The van der Waals surface area contributed by atoms with Gasteiger partial charge in [0.05, 0.1) is 24.3 Å². The highest BCUT2D eigenvalue weighted by Crippen LogP contribution is 2.44. The number of carbonyl (C=O) groups excluding carboxylic acids is 2. The van der Waals surface area contributed by atoms with Gasteiger partial charge in [-0.3, -0.25) is 14.6 Å². The van der Waals surface area contributed by atoms with Crippen molar-refractivity contribution >= 4 is 28.5 Å². The third-order valence-electron chi connectivity index (χ3n) is 7.10. The van der Waals surface area contributed by atoms with Gasteiger partial charge in [0.1, 0.15) is 5.78 Å². The molecule has 2 aromatic heterocycles. The zero-order chi connectivity index (χ0) is 22.8. The van der Waals surface area contributed by atoms with Crippen LogP contribution in [-0.4, -0.2) is 26.2 Å². The Labute approximate surface area is 193 Å². The van der Waals surface area contributed by atoms with Gasteiger partial charge in [0.2, 0.25) is 5.91 Å². The Balaban J connectivity index is 1.24. The molecule has 1 saturated carbocycles. The van der Waals surface area contributed by atoms with Crippen molar-refractivity contribution in [2.75, 3.05) is 5.32 Å². The van der Waals surface area contributed by atoms with E-state index in [-0.39, 0.29) is 29.6 Å². The molecule has 168 valence electrons. The fourth-order valence-electron chi connectivity index (χ4n) is 5.31. The summed E-state index contributed by atoms with van der Waals surface area (Å²) in [4.78, 5) is 34.3. The average Bonchev–Trinajstić information content (AvgIpc) is 3.43. The van der Waals surface area contributed by atoms with Crippen LogP contribution in [0.15, 0.2) is 67.4 Å². The molecule has 0 bridgehead atoms. The standard InChI is InChI=1S/C27H28N4O2/c1-18-24-16-29-17-31(24)23(26(18)20-5-3-2-4-6-20)15-25(32)19-7-9-21(10-8-19)27(33)30-22-11-13-28-14-12-22/h2-6,11-14,16-17,19,21,23H,7-10,15H2,1H3,(H,28,30,33)/t19-,21-,23?. The van der Waals surface area contributed by atoms with Crippen molar-refractivity contribution in [2.45, 2.75) is 45.1 Å². The van der Waals surface area contributed by atoms with Crippen LogP contribution >= 0.6 is 0 Å². The van der Waals surface area contributed by atoms with Crippen LogP contribution in [-0.2, 0) is 9.59 Å². The number of nitrogens with one attached hydrogen (secondary N) is 1. The lowest BCUT2D eigenvalue weighted by Crippen LogP contribution is -2.30. The number of Topliss-reactive ketones (excluding diaryl/α,β-unsaturated/α-hetero) is 1. The molecule has 1 aliphatic carbocycles. The molecule has 6 heteroatoms. The van der Waals surface area contributed by atoms with Gasteiger partial charge in [0.15, 0.2) is 0 Å². The van der Waals surface area contributed by atoms with Crippen molar-refractivity contribution < 1.29 is 9.59 Å². The van der Waals surface area contributed by atoms with Crippen molar-refractivity contribution in [1.29, 1.82) is 0 Å². The monoisotopic (exact) mass is 440 g/mol. The minimum Gasteiger partial charge on any atom is -0.326 e. The highest BCUT2D eigenvalue weighted by atomic mass is 16.2. The van der Waals surface area contributed by atoms with E-state index in [0.29, 0.717) is 6.42 Å². The summed E-state index contributed by atoms with van der Waals surface area (Å²) in [6, 6.07) is 13.9. The number of aromatic nitrogens is 3. The Morgan fingerprint density at radius 1 is 0.970 bits per heavy atom. The summed E-state index contributed by atoms with van der Waals surface area (Å²) in [5.41, 5.74) is 5.41. The highest BCUT2D eigenvalue weighted by Gasteiger charge is 2.35. The van der Waals surface area contributed by atoms with Gasteiger partial charge in [-0.15, -0.1) is 0 Å². The van der Waals surface area contributed by atoms with Crippen molar-refractivity contribution in [3.8, 4) is 0 Å². The Morgan fingerprint density at radius 3 is 2.39 bits per heavy atom. The zero-order valence-corrected chi connectivity index (χ0v) is 18.8. The van der Waals surface area contributed by atoms with Crippen LogP contribution in [0.3, 0.4) is 0 Å². The topological polar surface area (TPSA) is 76.9 Å². The molecule has 3 aromatic rings. The lowest BCUT2D eigenvalue weighted by molar-refractivity contribution is -0.127. The summed E-state index contributed by atoms with van der Waals surface area (Å²) in [5, 5.41) is 2.97. The molecule has 1 aliphatic heterocycles. The molecule has 0 radical (unpaired) electrons. The normalized spacial score (nSPS) is 22.2. The van der Waals surface area contributed by atoms with Crippen LogP contribution in [0, 0.1) is 11.8 Å². The average molecular weight is 441 g/mol. The first-order valence-electron chi connectivity index (χ1n) is 11.6. The summed E-state index contributed by atoms with van der Waals surface area (Å²) >= 11 is 0. The van der Waals surface area contributed by atoms with Gasteiger partial charge in [-0.1, -0.05) is 30.3 Å². The number of hydrogen-bond acceptors (Lipinski definition) is 4. The van der Waals surface area contributed by atoms with Gasteiger partial charge in [0.25, 0.3) is 0 Å². The van der Waals surface area contributed by atoms with E-state index < -0.39 is 0 Å². The highest BCUT2D eigenvalue weighted by molar-refractivity contribution is 5.96. The molecule has 33 heavy (non-hydrogen) atoms. The van der Waals surface area contributed by atoms with Gasteiger partial charge in [0, 0.05) is 36.3 Å². The van der Waals surface area contributed by atoms with E-state index in [9.17, 15) is 9.59 Å². The molecule has 6 nitrogen and oxygen atoms in total. The maximum absolute atomic E-state index is 13.4. The molecule has 1 N–H and O–H groups in total. The predicted octanol–water partition coefficient (Wildman–Crippen LogP) is 5.17. The summed E-state index contributed by atoms with van der Waals surface area (Å²) in [6.07, 6.45) is 10.5. The molecule has 2 aliphatic rings. The second kappa shape index (κ2) is 9.14. The number of benzene rings is 1. The molecule has 1 aromatic carbocycles. The Morgan fingerprint density at radius 2 is 1.67 bits per heavy atom. The molecule has 5 rings (SSSR count). The molecule has 1 fully saturated rings. The Kier molecular flexibility index (Phi) is 5.90. The largest absolute Gasteiger partial charge is 0.326 e. The van der Waals surface area contributed by atoms with Gasteiger partial charge in [-0.2, -0.15) is 0 Å². The number of imidazole rings is 1. The van der Waals surface area contributed by atoms with Gasteiger partial charge in [-0.05, 0) is 61.4 Å². The lowest BCUT2D eigenvalue weighted by Gasteiger charge is -2.28. The van der Waals surface area contributed by atoms with E-state index in [1.807, 2.05) is 30.7 Å². The van der Waals surface area contributed by atoms with E-state index in [1.165, 1.54) is 11.1 Å². The second-order valence-electron chi connectivity index (χ2n) is 9.05. The van der Waals surface area contributed by atoms with E-state index in [0.717, 1.165) is 42.6 Å². The second-order valence-corrected chi connectivity index (χ2v) is 9.05. The Bertz CT molecular complexity index is 1180. The van der Waals surface area contributed by atoms with Crippen LogP contribution < -0.4 is 5.32 Å². The summed E-state index contributed by atoms with van der Waals surface area (Å²) < 4.78 is 2.14. The number of anilines is 1. The lowest BCUT2D eigenvalue weighted by atomic mass is 9.78. The van der Waals surface area contributed by atoms with Crippen LogP contribution in [0.1, 0.15) is 56.3 Å². The number of allylic oxidation sites excluding steroid dienone is 2. The predicted molar refractivity (Wildman–Crippen MR) is 128 cm³/mol. The maximum Gasteiger partial charge on any atom is 0.227 e. The fourth-order valence-corrected chi connectivity index (χ4v) is 5.31. The number of rotatable bonds is 6. The number of carbonyl (C=O) groups is 2. The summed E-state index contributed by atoms with van der Waals surface area (Å²) in [7, 11) is 0. The van der Waals surface area contributed by atoms with Crippen molar-refractivity contribution in [3.05, 3.63) is 78.6 Å². The van der Waals surface area contributed by atoms with Crippen LogP contribution in [0.4, 0.5) is 5.69 Å². The van der Waals surface area contributed by atoms with Crippen molar-refractivity contribution in [3.63, 3.8) is 0 Å². The molecule has 1 unspecified atom stereocenters. The minimum atomic E-state index is -0.0454. The van der Waals surface area contributed by atoms with Crippen molar-refractivity contribution in [1.82, 2.24) is 14.5 Å². The van der Waals surface area contributed by atoms with Crippen LogP contribution in [0.5, 0.6) is 0 Å². The number of pyridine rings is 1. The van der Waals surface area contributed by atoms with Crippen LogP contribution in [0.25, 0.3) is 11.1 Å². The number of ketones is 1. The first-order valence-corrected chi connectivity index (χ1v) is 11.6. The number of fused-ring (bicyclic) bond motifs is 1. The molecular weight excluding hydrogens is 412 g/mol. The van der Waals surface area contributed by atoms with Crippen molar-refractivity contribution in [2.24, 2.45) is 11.8 Å². The zero-order valence-electron chi connectivity index (χ0n) is 18.8. The third kappa shape index (κ3) is 4.25. The van der Waals surface area contributed by atoms with Gasteiger partial charge < -0.3 is 9.88 Å². The molecule has 0 saturated heterocycles. The van der Waals surface area contributed by atoms with E-state index >= 15 is 0 Å². The van der Waals surface area contributed by atoms with Gasteiger partial charge >= 0.3 is 0 Å². The molecule has 3 heterocycles. The summed E-state index contributed by atoms with van der Waals surface area (Å²) in [6.45, 7) is 2.12.